The monoisotopic (exact) mass is 237 g/mol. The summed E-state index contributed by atoms with van der Waals surface area (Å²) in [4.78, 5) is 13.1. The standard InChI is InChI=1S/C13H19NO3/c1-14(2)13(15)6-5-10-7-11(16-3)9-12(8-10)17-4/h7-9H,5-6H2,1-4H3. The van der Waals surface area contributed by atoms with Gasteiger partial charge in [-0.2, -0.15) is 0 Å². The van der Waals surface area contributed by atoms with E-state index in [1.807, 2.05) is 18.2 Å². The molecule has 0 atom stereocenters. The van der Waals surface area contributed by atoms with Gasteiger partial charge in [-0.3, -0.25) is 4.79 Å². The Morgan fingerprint density at radius 1 is 1.12 bits per heavy atom. The quantitative estimate of drug-likeness (QED) is 0.782. The van der Waals surface area contributed by atoms with Crippen molar-refractivity contribution in [2.45, 2.75) is 12.8 Å². The molecule has 1 aromatic rings. The molecule has 0 saturated carbocycles. The molecular weight excluding hydrogens is 218 g/mol. The Kier molecular flexibility index (Phi) is 4.82. The lowest BCUT2D eigenvalue weighted by Gasteiger charge is -2.11. The predicted molar refractivity (Wildman–Crippen MR) is 66.6 cm³/mol. The van der Waals surface area contributed by atoms with Crippen molar-refractivity contribution in [3.05, 3.63) is 23.8 Å². The number of amides is 1. The van der Waals surface area contributed by atoms with E-state index in [0.29, 0.717) is 12.8 Å². The van der Waals surface area contributed by atoms with Crippen LogP contribution in [-0.2, 0) is 11.2 Å². The summed E-state index contributed by atoms with van der Waals surface area (Å²) >= 11 is 0. The number of hydrogen-bond acceptors (Lipinski definition) is 3. The first-order chi connectivity index (χ1) is 8.06. The van der Waals surface area contributed by atoms with Crippen LogP contribution in [0.1, 0.15) is 12.0 Å². The maximum Gasteiger partial charge on any atom is 0.222 e. The van der Waals surface area contributed by atoms with Gasteiger partial charge in [0, 0.05) is 26.6 Å². The number of rotatable bonds is 5. The van der Waals surface area contributed by atoms with Gasteiger partial charge in [0.25, 0.3) is 0 Å². The molecule has 94 valence electrons. The number of aryl methyl sites for hydroxylation is 1. The third-order valence-corrected chi connectivity index (χ3v) is 2.54. The van der Waals surface area contributed by atoms with E-state index in [-0.39, 0.29) is 5.91 Å². The van der Waals surface area contributed by atoms with Gasteiger partial charge in [0.1, 0.15) is 11.5 Å². The maximum atomic E-state index is 11.5. The molecule has 0 aliphatic carbocycles. The fourth-order valence-corrected chi connectivity index (χ4v) is 1.49. The third kappa shape index (κ3) is 3.98. The highest BCUT2D eigenvalue weighted by Crippen LogP contribution is 2.23. The Balaban J connectivity index is 2.73. The number of carbonyl (C=O) groups excluding carboxylic acids is 1. The number of nitrogens with zero attached hydrogens (tertiary/aromatic N) is 1. The first kappa shape index (κ1) is 13.4. The average Bonchev–Trinajstić information content (AvgIpc) is 2.35. The Morgan fingerprint density at radius 2 is 1.65 bits per heavy atom. The molecule has 0 fully saturated rings. The van der Waals surface area contributed by atoms with E-state index in [1.165, 1.54) is 0 Å². The van der Waals surface area contributed by atoms with Gasteiger partial charge < -0.3 is 14.4 Å². The van der Waals surface area contributed by atoms with E-state index >= 15 is 0 Å². The zero-order valence-electron chi connectivity index (χ0n) is 10.8. The van der Waals surface area contributed by atoms with Crippen molar-refractivity contribution in [1.29, 1.82) is 0 Å². The van der Waals surface area contributed by atoms with Gasteiger partial charge in [-0.1, -0.05) is 0 Å². The van der Waals surface area contributed by atoms with Crippen molar-refractivity contribution in [2.75, 3.05) is 28.3 Å². The molecule has 17 heavy (non-hydrogen) atoms. The molecule has 0 bridgehead atoms. The van der Waals surface area contributed by atoms with E-state index in [2.05, 4.69) is 0 Å². The van der Waals surface area contributed by atoms with Gasteiger partial charge in [0.15, 0.2) is 0 Å². The highest BCUT2D eigenvalue weighted by molar-refractivity contribution is 5.75. The third-order valence-electron chi connectivity index (χ3n) is 2.54. The van der Waals surface area contributed by atoms with Crippen LogP contribution in [0.25, 0.3) is 0 Å². The van der Waals surface area contributed by atoms with Crippen LogP contribution in [0, 0.1) is 0 Å². The highest BCUT2D eigenvalue weighted by Gasteiger charge is 2.06. The second-order valence-electron chi connectivity index (χ2n) is 4.01. The van der Waals surface area contributed by atoms with Gasteiger partial charge >= 0.3 is 0 Å². The normalized spacial score (nSPS) is 9.88. The van der Waals surface area contributed by atoms with Crippen LogP contribution >= 0.6 is 0 Å². The van der Waals surface area contributed by atoms with Crippen molar-refractivity contribution < 1.29 is 14.3 Å². The molecule has 4 heteroatoms. The van der Waals surface area contributed by atoms with Crippen LogP contribution < -0.4 is 9.47 Å². The molecule has 4 nitrogen and oxygen atoms in total. The van der Waals surface area contributed by atoms with Crippen molar-refractivity contribution in [3.8, 4) is 11.5 Å². The molecule has 1 amide bonds. The summed E-state index contributed by atoms with van der Waals surface area (Å²) in [6.07, 6.45) is 1.17. The van der Waals surface area contributed by atoms with E-state index < -0.39 is 0 Å². The van der Waals surface area contributed by atoms with Crippen LogP contribution in [0.2, 0.25) is 0 Å². The van der Waals surface area contributed by atoms with E-state index in [4.69, 9.17) is 9.47 Å². The number of methoxy groups -OCH3 is 2. The van der Waals surface area contributed by atoms with E-state index in [9.17, 15) is 4.79 Å². The van der Waals surface area contributed by atoms with Crippen molar-refractivity contribution in [1.82, 2.24) is 4.90 Å². The number of ether oxygens (including phenoxy) is 2. The van der Waals surface area contributed by atoms with Gasteiger partial charge in [0.2, 0.25) is 5.91 Å². The molecule has 0 N–H and O–H groups in total. The molecule has 0 spiro atoms. The lowest BCUT2D eigenvalue weighted by molar-refractivity contribution is -0.128. The van der Waals surface area contributed by atoms with Crippen molar-refractivity contribution >= 4 is 5.91 Å². The summed E-state index contributed by atoms with van der Waals surface area (Å²) in [7, 11) is 6.75. The van der Waals surface area contributed by atoms with Crippen molar-refractivity contribution in [2.24, 2.45) is 0 Å². The zero-order chi connectivity index (χ0) is 12.8. The molecule has 1 aromatic carbocycles. The lowest BCUT2D eigenvalue weighted by Crippen LogP contribution is -2.21. The predicted octanol–water partition coefficient (Wildman–Crippen LogP) is 1.72. The Morgan fingerprint density at radius 3 is 2.06 bits per heavy atom. The van der Waals surface area contributed by atoms with Gasteiger partial charge in [-0.15, -0.1) is 0 Å². The topological polar surface area (TPSA) is 38.8 Å². The lowest BCUT2D eigenvalue weighted by atomic mass is 10.1. The maximum absolute atomic E-state index is 11.5. The summed E-state index contributed by atoms with van der Waals surface area (Å²) < 4.78 is 10.4. The van der Waals surface area contributed by atoms with E-state index in [0.717, 1.165) is 17.1 Å². The molecule has 1 rings (SSSR count). The second-order valence-corrected chi connectivity index (χ2v) is 4.01. The minimum Gasteiger partial charge on any atom is -0.497 e. The molecule has 0 aliphatic rings. The summed E-state index contributed by atoms with van der Waals surface area (Å²) in [5.74, 6) is 1.61. The van der Waals surface area contributed by atoms with Crippen LogP contribution in [-0.4, -0.2) is 39.1 Å². The summed E-state index contributed by atoms with van der Waals surface area (Å²) in [6.45, 7) is 0. The van der Waals surface area contributed by atoms with Crippen molar-refractivity contribution in [3.63, 3.8) is 0 Å². The fourth-order valence-electron chi connectivity index (χ4n) is 1.49. The minimum absolute atomic E-state index is 0.117. The molecule has 0 aliphatic heterocycles. The van der Waals surface area contributed by atoms with Gasteiger partial charge in [0.05, 0.1) is 14.2 Å². The van der Waals surface area contributed by atoms with Gasteiger partial charge in [-0.05, 0) is 24.1 Å². The average molecular weight is 237 g/mol. The molecule has 0 radical (unpaired) electrons. The molecular formula is C13H19NO3. The fraction of sp³-hybridized carbons (Fsp3) is 0.462. The van der Waals surface area contributed by atoms with Crippen LogP contribution in [0.4, 0.5) is 0 Å². The Hall–Kier alpha value is -1.71. The summed E-state index contributed by atoms with van der Waals surface area (Å²) in [6, 6.07) is 5.66. The minimum atomic E-state index is 0.117. The molecule has 0 saturated heterocycles. The summed E-state index contributed by atoms with van der Waals surface area (Å²) in [5.41, 5.74) is 1.04. The number of benzene rings is 1. The van der Waals surface area contributed by atoms with Crippen LogP contribution in [0.3, 0.4) is 0 Å². The van der Waals surface area contributed by atoms with Crippen LogP contribution in [0.5, 0.6) is 11.5 Å². The smallest absolute Gasteiger partial charge is 0.222 e. The van der Waals surface area contributed by atoms with Crippen LogP contribution in [0.15, 0.2) is 18.2 Å². The molecule has 0 aromatic heterocycles. The first-order valence-electron chi connectivity index (χ1n) is 5.49. The SMILES string of the molecule is COc1cc(CCC(=O)N(C)C)cc(OC)c1. The largest absolute Gasteiger partial charge is 0.497 e. The number of hydrogen-bond donors (Lipinski definition) is 0. The summed E-state index contributed by atoms with van der Waals surface area (Å²) in [5, 5.41) is 0. The van der Waals surface area contributed by atoms with Gasteiger partial charge in [-0.25, -0.2) is 0 Å². The Labute approximate surface area is 102 Å². The Bertz CT molecular complexity index is 366. The molecule has 0 unspecified atom stereocenters. The number of carbonyl (C=O) groups is 1. The first-order valence-corrected chi connectivity index (χ1v) is 5.49. The highest BCUT2D eigenvalue weighted by atomic mass is 16.5. The molecule has 0 heterocycles. The van der Waals surface area contributed by atoms with E-state index in [1.54, 1.807) is 33.2 Å². The zero-order valence-corrected chi connectivity index (χ0v) is 10.8. The second kappa shape index (κ2) is 6.13.